The van der Waals surface area contributed by atoms with Crippen LogP contribution >= 0.6 is 0 Å². The summed E-state index contributed by atoms with van der Waals surface area (Å²) < 4.78 is 0. The average molecular weight is 409 g/mol. The van der Waals surface area contributed by atoms with Gasteiger partial charge < -0.3 is 9.80 Å². The van der Waals surface area contributed by atoms with E-state index in [1.165, 1.54) is 35.4 Å². The maximum atomic E-state index is 13.1. The highest BCUT2D eigenvalue weighted by molar-refractivity contribution is 5.76. The van der Waals surface area contributed by atoms with Crippen molar-refractivity contribution in [1.29, 1.82) is 0 Å². The molecule has 1 saturated heterocycles. The number of carbonyl (C=O) groups excluding carboxylic acids is 1. The molecule has 2 aliphatic carbocycles. The Labute approximate surface area is 178 Å². The topological polar surface area (TPSA) is 78.0 Å². The summed E-state index contributed by atoms with van der Waals surface area (Å²) in [6.45, 7) is 1.65. The number of nitrogens with zero attached hydrogens (tertiary/aromatic N) is 5. The summed E-state index contributed by atoms with van der Waals surface area (Å²) >= 11 is 0. The summed E-state index contributed by atoms with van der Waals surface area (Å²) in [5.41, 5.74) is 6.22. The molecule has 0 radical (unpaired) electrons. The normalized spacial score (nSPS) is 22.8. The Kier molecular flexibility index (Phi) is 4.99. The van der Waals surface area contributed by atoms with Crippen molar-refractivity contribution in [3.05, 3.63) is 34.4 Å². The van der Waals surface area contributed by atoms with Gasteiger partial charge in [0.1, 0.15) is 0 Å². The van der Waals surface area contributed by atoms with Crippen LogP contribution in [0.25, 0.3) is 0 Å². The van der Waals surface area contributed by atoms with Crippen LogP contribution in [0.4, 0.5) is 5.95 Å². The molecule has 1 unspecified atom stereocenters. The molecule has 1 amide bonds. The van der Waals surface area contributed by atoms with Crippen LogP contribution in [0.3, 0.4) is 0 Å². The van der Waals surface area contributed by atoms with E-state index in [1.54, 1.807) is 0 Å². The maximum absolute atomic E-state index is 13.1. The van der Waals surface area contributed by atoms with Crippen LogP contribution in [0.15, 0.2) is 6.20 Å². The van der Waals surface area contributed by atoms with Crippen LogP contribution in [-0.2, 0) is 35.9 Å². The van der Waals surface area contributed by atoms with E-state index in [0.29, 0.717) is 6.42 Å². The highest BCUT2D eigenvalue weighted by Crippen LogP contribution is 2.44. The van der Waals surface area contributed by atoms with Gasteiger partial charge in [-0.2, -0.15) is 5.10 Å². The van der Waals surface area contributed by atoms with Crippen molar-refractivity contribution < 1.29 is 4.79 Å². The second-order valence-corrected chi connectivity index (χ2v) is 9.47. The van der Waals surface area contributed by atoms with E-state index in [9.17, 15) is 4.79 Å². The van der Waals surface area contributed by atoms with Gasteiger partial charge in [0.05, 0.1) is 11.4 Å². The molecule has 0 bridgehead atoms. The minimum Gasteiger partial charge on any atom is -0.347 e. The first kappa shape index (κ1) is 19.5. The predicted molar refractivity (Wildman–Crippen MR) is 116 cm³/mol. The van der Waals surface area contributed by atoms with Gasteiger partial charge in [0.2, 0.25) is 11.9 Å². The van der Waals surface area contributed by atoms with E-state index in [-0.39, 0.29) is 11.3 Å². The number of hydrogen-bond acceptors (Lipinski definition) is 5. The van der Waals surface area contributed by atoms with Gasteiger partial charge in [-0.3, -0.25) is 9.89 Å². The number of fused-ring (bicyclic) bond motifs is 3. The molecule has 1 N–H and O–H groups in total. The number of H-pyrrole nitrogens is 1. The minimum atomic E-state index is 0.00242. The molecule has 7 nitrogen and oxygen atoms in total. The Balaban J connectivity index is 1.29. The molecule has 0 aromatic carbocycles. The van der Waals surface area contributed by atoms with E-state index in [4.69, 9.17) is 4.98 Å². The lowest BCUT2D eigenvalue weighted by molar-refractivity contribution is -0.133. The Morgan fingerprint density at radius 3 is 2.93 bits per heavy atom. The van der Waals surface area contributed by atoms with E-state index in [2.05, 4.69) is 20.1 Å². The number of aromatic amines is 1. The number of aryl methyl sites for hydroxylation is 3. The summed E-state index contributed by atoms with van der Waals surface area (Å²) in [6, 6.07) is 0. The lowest BCUT2D eigenvalue weighted by atomic mass is 9.77. The van der Waals surface area contributed by atoms with Crippen LogP contribution in [-0.4, -0.2) is 58.2 Å². The lowest BCUT2D eigenvalue weighted by Crippen LogP contribution is -2.48. The van der Waals surface area contributed by atoms with Gasteiger partial charge in [0.25, 0.3) is 0 Å². The molecule has 160 valence electrons. The number of amides is 1. The largest absolute Gasteiger partial charge is 0.347 e. The number of aromatic nitrogens is 4. The van der Waals surface area contributed by atoms with Crippen LogP contribution in [0.5, 0.6) is 0 Å². The standard InChI is InChI=1S/C23H32N6O/c1-28(2)22-24-14-16-10-12-23(21(16)25-22)11-5-13-29(15-23)20(30)9-8-19-17-6-3-4-7-18(17)26-27-19/h14H,3-13,15H2,1-2H3,(H,26,27). The molecule has 1 atom stereocenters. The monoisotopic (exact) mass is 408 g/mol. The molecule has 2 aromatic rings. The van der Waals surface area contributed by atoms with Crippen LogP contribution in [0, 0.1) is 0 Å². The highest BCUT2D eigenvalue weighted by atomic mass is 16.2. The van der Waals surface area contributed by atoms with Gasteiger partial charge in [-0.15, -0.1) is 0 Å². The lowest BCUT2D eigenvalue weighted by Gasteiger charge is -2.40. The third-order valence-corrected chi connectivity index (χ3v) is 7.27. The zero-order valence-electron chi connectivity index (χ0n) is 18.2. The quantitative estimate of drug-likeness (QED) is 0.841. The second kappa shape index (κ2) is 7.67. The number of likely N-dealkylation sites (tertiary alicyclic amines) is 1. The van der Waals surface area contributed by atoms with Crippen LogP contribution in [0.1, 0.15) is 66.7 Å². The fourth-order valence-corrected chi connectivity index (χ4v) is 5.63. The minimum absolute atomic E-state index is 0.00242. The molecule has 3 heterocycles. The van der Waals surface area contributed by atoms with Crippen LogP contribution < -0.4 is 4.90 Å². The molecule has 7 heteroatoms. The van der Waals surface area contributed by atoms with Crippen molar-refractivity contribution in [2.75, 3.05) is 32.1 Å². The van der Waals surface area contributed by atoms with E-state index in [1.807, 2.05) is 25.2 Å². The van der Waals surface area contributed by atoms with Crippen molar-refractivity contribution in [1.82, 2.24) is 25.1 Å². The summed E-state index contributed by atoms with van der Waals surface area (Å²) in [5, 5.41) is 7.73. The molecule has 0 saturated carbocycles. The molecule has 1 spiro atoms. The van der Waals surface area contributed by atoms with Gasteiger partial charge in [-0.05, 0) is 62.5 Å². The molecule has 1 fully saturated rings. The van der Waals surface area contributed by atoms with Gasteiger partial charge >= 0.3 is 0 Å². The first-order valence-corrected chi connectivity index (χ1v) is 11.4. The molecule has 1 aliphatic heterocycles. The smallest absolute Gasteiger partial charge is 0.225 e. The third kappa shape index (κ3) is 3.38. The number of hydrogen-bond donors (Lipinski definition) is 1. The Bertz CT molecular complexity index is 947. The van der Waals surface area contributed by atoms with E-state index >= 15 is 0 Å². The average Bonchev–Trinajstić information content (AvgIpc) is 3.33. The molecule has 30 heavy (non-hydrogen) atoms. The third-order valence-electron chi connectivity index (χ3n) is 7.27. The van der Waals surface area contributed by atoms with Crippen molar-refractivity contribution in [3.63, 3.8) is 0 Å². The van der Waals surface area contributed by atoms with Gasteiger partial charge in [-0.25, -0.2) is 9.97 Å². The Morgan fingerprint density at radius 2 is 2.07 bits per heavy atom. The fourth-order valence-electron chi connectivity index (χ4n) is 5.63. The first-order chi connectivity index (χ1) is 14.6. The van der Waals surface area contributed by atoms with E-state index in [0.717, 1.165) is 69.7 Å². The summed E-state index contributed by atoms with van der Waals surface area (Å²) in [7, 11) is 3.96. The van der Waals surface area contributed by atoms with Crippen LogP contribution in [0.2, 0.25) is 0 Å². The summed E-state index contributed by atoms with van der Waals surface area (Å²) in [4.78, 5) is 26.6. The molecular formula is C23H32N6O. The Hall–Kier alpha value is -2.44. The van der Waals surface area contributed by atoms with Crippen molar-refractivity contribution in [2.45, 2.75) is 69.6 Å². The number of piperidine rings is 1. The van der Waals surface area contributed by atoms with Crippen molar-refractivity contribution in [3.8, 4) is 0 Å². The summed E-state index contributed by atoms with van der Waals surface area (Å²) in [6.07, 6.45) is 12.2. The number of nitrogens with one attached hydrogen (secondary N) is 1. The fraction of sp³-hybridized carbons (Fsp3) is 0.652. The summed E-state index contributed by atoms with van der Waals surface area (Å²) in [5.74, 6) is 1.03. The van der Waals surface area contributed by atoms with E-state index < -0.39 is 0 Å². The van der Waals surface area contributed by atoms with Gasteiger partial charge in [0, 0.05) is 57.3 Å². The zero-order chi connectivity index (χ0) is 20.7. The first-order valence-electron chi connectivity index (χ1n) is 11.4. The van der Waals surface area contributed by atoms with Gasteiger partial charge in [0.15, 0.2) is 0 Å². The number of carbonyl (C=O) groups is 1. The SMILES string of the molecule is CN(C)c1ncc2c(n1)C1(CCCN(C(=O)CCc3n[nH]c4c3CCCC4)C1)CC2. The Morgan fingerprint density at radius 1 is 1.20 bits per heavy atom. The molecule has 3 aliphatic rings. The predicted octanol–water partition coefficient (Wildman–Crippen LogP) is 2.58. The molecule has 2 aromatic heterocycles. The molecule has 5 rings (SSSR count). The molecular weight excluding hydrogens is 376 g/mol. The number of rotatable bonds is 4. The highest BCUT2D eigenvalue weighted by Gasteiger charge is 2.44. The van der Waals surface area contributed by atoms with Gasteiger partial charge in [-0.1, -0.05) is 0 Å². The zero-order valence-corrected chi connectivity index (χ0v) is 18.2. The van der Waals surface area contributed by atoms with Crippen molar-refractivity contribution in [2.24, 2.45) is 0 Å². The van der Waals surface area contributed by atoms with Crippen molar-refractivity contribution >= 4 is 11.9 Å². The maximum Gasteiger partial charge on any atom is 0.225 e. The second-order valence-electron chi connectivity index (χ2n) is 9.47. The number of anilines is 1.